The molecule has 6 nitrogen and oxygen atoms in total. The zero-order valence-corrected chi connectivity index (χ0v) is 13.7. The highest BCUT2D eigenvalue weighted by molar-refractivity contribution is 7.18. The second-order valence-electron chi connectivity index (χ2n) is 4.79. The van der Waals surface area contributed by atoms with Gasteiger partial charge in [0, 0.05) is 25.5 Å². The molecular weight excluding hydrogens is 286 g/mol. The molecule has 2 heterocycles. The Kier molecular flexibility index (Phi) is 4.95. The minimum Gasteiger partial charge on any atom is -0.358 e. The number of hydrogen-bond donors (Lipinski definition) is 2. The summed E-state index contributed by atoms with van der Waals surface area (Å²) in [6.07, 6.45) is 0.945. The number of likely N-dealkylation sites (N-methyl/N-ethyl adjacent to an activating group) is 1. The van der Waals surface area contributed by atoms with E-state index in [-0.39, 0.29) is 5.91 Å². The van der Waals surface area contributed by atoms with Gasteiger partial charge in [-0.05, 0) is 19.4 Å². The lowest BCUT2D eigenvalue weighted by atomic mass is 10.3. The Morgan fingerprint density at radius 1 is 1.38 bits per heavy atom. The van der Waals surface area contributed by atoms with Crippen molar-refractivity contribution in [2.45, 2.75) is 20.3 Å². The highest BCUT2D eigenvalue weighted by Crippen LogP contribution is 2.31. The number of rotatable bonds is 6. The van der Waals surface area contributed by atoms with Crippen molar-refractivity contribution in [1.29, 1.82) is 0 Å². The molecule has 21 heavy (non-hydrogen) atoms. The van der Waals surface area contributed by atoms with Crippen molar-refractivity contribution < 1.29 is 4.79 Å². The van der Waals surface area contributed by atoms with Crippen LogP contribution in [0.15, 0.2) is 6.07 Å². The Labute approximate surface area is 128 Å². The summed E-state index contributed by atoms with van der Waals surface area (Å²) >= 11 is 1.64. The lowest BCUT2D eigenvalue weighted by molar-refractivity contribution is -0.119. The molecule has 0 unspecified atom stereocenters. The largest absolute Gasteiger partial charge is 0.358 e. The number of amides is 1. The van der Waals surface area contributed by atoms with Crippen molar-refractivity contribution in [3.05, 3.63) is 10.9 Å². The molecule has 2 aromatic rings. The van der Waals surface area contributed by atoms with Gasteiger partial charge in [0.25, 0.3) is 0 Å². The molecule has 7 heteroatoms. The van der Waals surface area contributed by atoms with Crippen molar-refractivity contribution >= 4 is 39.2 Å². The van der Waals surface area contributed by atoms with Crippen molar-refractivity contribution in [2.24, 2.45) is 0 Å². The van der Waals surface area contributed by atoms with E-state index in [4.69, 9.17) is 0 Å². The second kappa shape index (κ2) is 6.71. The summed E-state index contributed by atoms with van der Waals surface area (Å²) in [5.41, 5.74) is 0. The van der Waals surface area contributed by atoms with Crippen LogP contribution in [0.1, 0.15) is 18.2 Å². The third-order valence-electron chi connectivity index (χ3n) is 3.13. The fraction of sp³-hybridized carbons (Fsp3) is 0.500. The number of anilines is 2. The molecule has 0 aliphatic heterocycles. The SMILES string of the molecule is CCCN(CC(=O)NC)c1nc(NC)nc2sc(C)cc12. The van der Waals surface area contributed by atoms with Crippen LogP contribution >= 0.6 is 11.3 Å². The van der Waals surface area contributed by atoms with Crippen LogP contribution in [0.2, 0.25) is 0 Å². The smallest absolute Gasteiger partial charge is 0.239 e. The molecule has 0 atom stereocenters. The zero-order valence-electron chi connectivity index (χ0n) is 12.9. The van der Waals surface area contributed by atoms with Crippen LogP contribution in [0.4, 0.5) is 11.8 Å². The molecule has 2 aromatic heterocycles. The van der Waals surface area contributed by atoms with Crippen LogP contribution in [0.3, 0.4) is 0 Å². The maximum absolute atomic E-state index is 11.8. The lowest BCUT2D eigenvalue weighted by Crippen LogP contribution is -2.36. The fourth-order valence-electron chi connectivity index (χ4n) is 2.16. The van der Waals surface area contributed by atoms with E-state index in [0.717, 1.165) is 29.0 Å². The Morgan fingerprint density at radius 3 is 2.76 bits per heavy atom. The summed E-state index contributed by atoms with van der Waals surface area (Å²) in [6, 6.07) is 2.08. The van der Waals surface area contributed by atoms with Crippen LogP contribution in [-0.4, -0.2) is 43.1 Å². The maximum Gasteiger partial charge on any atom is 0.239 e. The first-order valence-corrected chi connectivity index (χ1v) is 7.82. The van der Waals surface area contributed by atoms with Crippen LogP contribution in [0.5, 0.6) is 0 Å². The van der Waals surface area contributed by atoms with E-state index in [1.807, 2.05) is 4.90 Å². The van der Waals surface area contributed by atoms with Gasteiger partial charge in [0.2, 0.25) is 11.9 Å². The first kappa shape index (κ1) is 15.5. The van der Waals surface area contributed by atoms with Crippen LogP contribution in [0, 0.1) is 6.92 Å². The third-order valence-corrected chi connectivity index (χ3v) is 4.07. The van der Waals surface area contributed by atoms with Gasteiger partial charge in [-0.3, -0.25) is 4.79 Å². The Balaban J connectivity index is 2.51. The molecule has 0 saturated carbocycles. The molecule has 0 fully saturated rings. The predicted octanol–water partition coefficient (Wildman–Crippen LogP) is 2.00. The summed E-state index contributed by atoms with van der Waals surface area (Å²) in [4.78, 5) is 25.0. The standard InChI is InChI=1S/C14H21N5OS/c1-5-6-19(8-11(20)15-3)12-10-7-9(2)21-13(10)18-14(16-4)17-12/h7H,5-6,8H2,1-4H3,(H,15,20)(H,16,17,18). The number of carbonyl (C=O) groups excluding carboxylic acids is 1. The van der Waals surface area contributed by atoms with E-state index in [2.05, 4.69) is 40.5 Å². The Hall–Kier alpha value is -1.89. The lowest BCUT2D eigenvalue weighted by Gasteiger charge is -2.23. The highest BCUT2D eigenvalue weighted by Gasteiger charge is 2.17. The monoisotopic (exact) mass is 307 g/mol. The van der Waals surface area contributed by atoms with Crippen LogP contribution < -0.4 is 15.5 Å². The zero-order chi connectivity index (χ0) is 15.4. The van der Waals surface area contributed by atoms with E-state index in [9.17, 15) is 4.79 Å². The topological polar surface area (TPSA) is 70.2 Å². The molecular formula is C14H21N5OS. The maximum atomic E-state index is 11.8. The van der Waals surface area contributed by atoms with Gasteiger partial charge in [-0.2, -0.15) is 4.98 Å². The number of nitrogens with zero attached hydrogens (tertiary/aromatic N) is 3. The van der Waals surface area contributed by atoms with E-state index < -0.39 is 0 Å². The fourth-order valence-corrected chi connectivity index (χ4v) is 3.04. The number of aryl methyl sites for hydroxylation is 1. The molecule has 114 valence electrons. The van der Waals surface area contributed by atoms with Gasteiger partial charge < -0.3 is 15.5 Å². The second-order valence-corrected chi connectivity index (χ2v) is 6.03. The van der Waals surface area contributed by atoms with Crippen molar-refractivity contribution in [2.75, 3.05) is 37.4 Å². The molecule has 0 spiro atoms. The quantitative estimate of drug-likeness (QED) is 0.854. The molecule has 0 saturated heterocycles. The minimum absolute atomic E-state index is 0.0202. The number of carbonyl (C=O) groups is 1. The first-order chi connectivity index (χ1) is 10.1. The highest BCUT2D eigenvalue weighted by atomic mass is 32.1. The van der Waals surface area contributed by atoms with Gasteiger partial charge in [-0.1, -0.05) is 6.92 Å². The van der Waals surface area contributed by atoms with Crippen molar-refractivity contribution in [1.82, 2.24) is 15.3 Å². The average molecular weight is 307 g/mol. The van der Waals surface area contributed by atoms with Gasteiger partial charge >= 0.3 is 0 Å². The van der Waals surface area contributed by atoms with Crippen LogP contribution in [-0.2, 0) is 4.79 Å². The predicted molar refractivity (Wildman–Crippen MR) is 88.3 cm³/mol. The number of fused-ring (bicyclic) bond motifs is 1. The summed E-state index contributed by atoms with van der Waals surface area (Å²) in [5.74, 6) is 1.38. The number of thiophene rings is 1. The van der Waals surface area contributed by atoms with E-state index in [1.165, 1.54) is 4.88 Å². The molecule has 0 aliphatic rings. The minimum atomic E-state index is -0.0202. The van der Waals surface area contributed by atoms with E-state index >= 15 is 0 Å². The van der Waals surface area contributed by atoms with Gasteiger partial charge in [-0.15, -0.1) is 11.3 Å². The molecule has 0 bridgehead atoms. The normalized spacial score (nSPS) is 10.7. The third kappa shape index (κ3) is 3.41. The summed E-state index contributed by atoms with van der Waals surface area (Å²) < 4.78 is 0. The van der Waals surface area contributed by atoms with Gasteiger partial charge in [-0.25, -0.2) is 4.98 Å². The van der Waals surface area contributed by atoms with Gasteiger partial charge in [0.05, 0.1) is 11.9 Å². The summed E-state index contributed by atoms with van der Waals surface area (Å²) in [7, 11) is 3.45. The molecule has 2 N–H and O–H groups in total. The van der Waals surface area contributed by atoms with Crippen LogP contribution in [0.25, 0.3) is 10.2 Å². The van der Waals surface area contributed by atoms with Crippen molar-refractivity contribution in [3.63, 3.8) is 0 Å². The van der Waals surface area contributed by atoms with Gasteiger partial charge in [0.1, 0.15) is 10.6 Å². The van der Waals surface area contributed by atoms with E-state index in [0.29, 0.717) is 12.5 Å². The Bertz CT molecular complexity index is 640. The molecule has 0 aliphatic carbocycles. The summed E-state index contributed by atoms with van der Waals surface area (Å²) in [6.45, 7) is 5.22. The molecule has 0 aromatic carbocycles. The molecule has 1 amide bonds. The first-order valence-electron chi connectivity index (χ1n) is 7.00. The number of hydrogen-bond acceptors (Lipinski definition) is 6. The van der Waals surface area contributed by atoms with Crippen molar-refractivity contribution in [3.8, 4) is 0 Å². The number of nitrogens with one attached hydrogen (secondary N) is 2. The molecule has 0 radical (unpaired) electrons. The van der Waals surface area contributed by atoms with Gasteiger partial charge in [0.15, 0.2) is 0 Å². The van der Waals surface area contributed by atoms with E-state index in [1.54, 1.807) is 25.4 Å². The molecule has 2 rings (SSSR count). The number of aromatic nitrogens is 2. The summed E-state index contributed by atoms with van der Waals surface area (Å²) in [5, 5.41) is 6.67. The Morgan fingerprint density at radius 2 is 2.14 bits per heavy atom. The average Bonchev–Trinajstić information content (AvgIpc) is 2.85.